The number of aromatic nitrogens is 1. The number of Topliss-reactive ketones (excluding diaryl/α,β-unsaturated/α-hetero) is 1. The van der Waals surface area contributed by atoms with Gasteiger partial charge in [0.25, 0.3) is 0 Å². The fraction of sp³-hybridized carbons (Fsp3) is 0.500. The molecule has 1 aromatic heterocycles. The Hall–Kier alpha value is -1.14. The molecule has 0 N–H and O–H groups in total. The van der Waals surface area contributed by atoms with Crippen LogP contribution in [0, 0.1) is 19.3 Å². The molecule has 1 aliphatic rings. The minimum Gasteiger partial charge on any atom is -0.347 e. The van der Waals surface area contributed by atoms with E-state index in [1.165, 1.54) is 11.4 Å². The fourth-order valence-corrected chi connectivity index (χ4v) is 2.96. The molecule has 90 valence electrons. The van der Waals surface area contributed by atoms with Crippen molar-refractivity contribution in [1.82, 2.24) is 4.57 Å². The van der Waals surface area contributed by atoms with Crippen LogP contribution in [-0.4, -0.2) is 21.9 Å². The van der Waals surface area contributed by atoms with Gasteiger partial charge in [0.05, 0.1) is 5.75 Å². The van der Waals surface area contributed by atoms with Crippen molar-refractivity contribution in [3.8, 4) is 12.3 Å². The maximum absolute atomic E-state index is 11.8. The van der Waals surface area contributed by atoms with E-state index in [-0.39, 0.29) is 0 Å². The molecule has 2 nitrogen and oxygen atoms in total. The average Bonchev–Trinajstić information content (AvgIpc) is 2.63. The lowest BCUT2D eigenvalue weighted by Crippen LogP contribution is -2.14. The number of ketones is 1. The van der Waals surface area contributed by atoms with E-state index in [2.05, 4.69) is 17.4 Å². The molecule has 0 amide bonds. The Morgan fingerprint density at radius 3 is 3.12 bits per heavy atom. The van der Waals surface area contributed by atoms with Crippen LogP contribution in [0.5, 0.6) is 0 Å². The van der Waals surface area contributed by atoms with Crippen LogP contribution in [0.1, 0.15) is 34.6 Å². The van der Waals surface area contributed by atoms with Crippen molar-refractivity contribution in [1.29, 1.82) is 0 Å². The van der Waals surface area contributed by atoms with Crippen LogP contribution >= 0.6 is 11.8 Å². The predicted octanol–water partition coefficient (Wildman–Crippen LogP) is 2.68. The predicted molar refractivity (Wildman–Crippen MR) is 72.6 cm³/mol. The van der Waals surface area contributed by atoms with Gasteiger partial charge in [-0.3, -0.25) is 4.79 Å². The van der Waals surface area contributed by atoms with E-state index in [0.717, 1.165) is 36.5 Å². The molecular formula is C14H17NOS. The first-order chi connectivity index (χ1) is 8.24. The first kappa shape index (κ1) is 12.3. The van der Waals surface area contributed by atoms with Crippen molar-refractivity contribution in [3.63, 3.8) is 0 Å². The molecule has 1 aliphatic carbocycles. The minimum absolute atomic E-state index is 0.310. The average molecular weight is 247 g/mol. The van der Waals surface area contributed by atoms with Gasteiger partial charge in [0.2, 0.25) is 0 Å². The SMILES string of the molecule is C#CCSCCn1c(C)cc2c1CCCC2=O. The van der Waals surface area contributed by atoms with Gasteiger partial charge < -0.3 is 4.57 Å². The van der Waals surface area contributed by atoms with Crippen molar-refractivity contribution < 1.29 is 4.79 Å². The normalized spacial score (nSPS) is 14.5. The Labute approximate surface area is 107 Å². The molecule has 0 saturated heterocycles. The molecule has 0 aromatic carbocycles. The number of rotatable bonds is 4. The molecular weight excluding hydrogens is 230 g/mol. The van der Waals surface area contributed by atoms with E-state index in [4.69, 9.17) is 6.42 Å². The Bertz CT molecular complexity index is 467. The van der Waals surface area contributed by atoms with Gasteiger partial charge in [0.15, 0.2) is 5.78 Å². The van der Waals surface area contributed by atoms with Crippen molar-refractivity contribution >= 4 is 17.5 Å². The summed E-state index contributed by atoms with van der Waals surface area (Å²) < 4.78 is 2.29. The van der Waals surface area contributed by atoms with Crippen LogP contribution in [-0.2, 0) is 13.0 Å². The highest BCUT2D eigenvalue weighted by atomic mass is 32.2. The second-order valence-electron chi connectivity index (χ2n) is 4.33. The van der Waals surface area contributed by atoms with E-state index < -0.39 is 0 Å². The van der Waals surface area contributed by atoms with Gasteiger partial charge in [0, 0.05) is 35.7 Å². The summed E-state index contributed by atoms with van der Waals surface area (Å²) >= 11 is 1.77. The number of terminal acetylenes is 1. The third-order valence-corrected chi connectivity index (χ3v) is 4.02. The van der Waals surface area contributed by atoms with Crippen molar-refractivity contribution in [2.24, 2.45) is 0 Å². The molecule has 1 heterocycles. The lowest BCUT2D eigenvalue weighted by Gasteiger charge is -2.15. The summed E-state index contributed by atoms with van der Waals surface area (Å²) in [6.07, 6.45) is 7.96. The lowest BCUT2D eigenvalue weighted by atomic mass is 9.97. The standard InChI is InChI=1S/C14H17NOS/c1-3-8-17-9-7-15-11(2)10-12-13(15)5-4-6-14(12)16/h1,10H,4-9H2,2H3. The topological polar surface area (TPSA) is 22.0 Å². The van der Waals surface area contributed by atoms with E-state index in [0.29, 0.717) is 12.2 Å². The minimum atomic E-state index is 0.310. The highest BCUT2D eigenvalue weighted by Gasteiger charge is 2.22. The summed E-state index contributed by atoms with van der Waals surface area (Å²) in [5.41, 5.74) is 3.39. The number of fused-ring (bicyclic) bond motifs is 1. The van der Waals surface area contributed by atoms with Gasteiger partial charge in [-0.25, -0.2) is 0 Å². The fourth-order valence-electron chi connectivity index (χ4n) is 2.39. The highest BCUT2D eigenvalue weighted by Crippen LogP contribution is 2.25. The zero-order valence-corrected chi connectivity index (χ0v) is 11.0. The second-order valence-corrected chi connectivity index (χ2v) is 5.44. The van der Waals surface area contributed by atoms with Crippen molar-refractivity contribution in [2.45, 2.75) is 32.7 Å². The quantitative estimate of drug-likeness (QED) is 0.603. The van der Waals surface area contributed by atoms with E-state index in [1.54, 1.807) is 11.8 Å². The van der Waals surface area contributed by atoms with Gasteiger partial charge in [-0.1, -0.05) is 5.92 Å². The maximum atomic E-state index is 11.8. The number of hydrogen-bond donors (Lipinski definition) is 0. The molecule has 3 heteroatoms. The molecule has 0 radical (unpaired) electrons. The van der Waals surface area contributed by atoms with Gasteiger partial charge in [-0.15, -0.1) is 18.2 Å². The molecule has 0 saturated carbocycles. The van der Waals surface area contributed by atoms with Crippen molar-refractivity contribution in [2.75, 3.05) is 11.5 Å². The number of carbonyl (C=O) groups is 1. The number of aryl methyl sites for hydroxylation is 1. The van der Waals surface area contributed by atoms with E-state index >= 15 is 0 Å². The van der Waals surface area contributed by atoms with E-state index in [9.17, 15) is 4.79 Å². The second kappa shape index (κ2) is 5.46. The monoisotopic (exact) mass is 247 g/mol. The van der Waals surface area contributed by atoms with Crippen LogP contribution in [0.3, 0.4) is 0 Å². The Morgan fingerprint density at radius 2 is 2.35 bits per heavy atom. The van der Waals surface area contributed by atoms with Crippen LogP contribution in [0.2, 0.25) is 0 Å². The summed E-state index contributed by atoms with van der Waals surface area (Å²) in [6, 6.07) is 2.04. The number of carbonyl (C=O) groups excluding carboxylic acids is 1. The van der Waals surface area contributed by atoms with Crippen LogP contribution in [0.4, 0.5) is 0 Å². The third-order valence-electron chi connectivity index (χ3n) is 3.18. The maximum Gasteiger partial charge on any atom is 0.164 e. The summed E-state index contributed by atoms with van der Waals surface area (Å²) in [7, 11) is 0. The molecule has 0 bridgehead atoms. The highest BCUT2D eigenvalue weighted by molar-refractivity contribution is 7.99. The summed E-state index contributed by atoms with van der Waals surface area (Å²) in [6.45, 7) is 3.04. The molecule has 0 aliphatic heterocycles. The van der Waals surface area contributed by atoms with Gasteiger partial charge in [0.1, 0.15) is 0 Å². The van der Waals surface area contributed by atoms with Crippen LogP contribution in [0.25, 0.3) is 0 Å². The summed E-state index contributed by atoms with van der Waals surface area (Å²) in [5, 5.41) is 0. The summed E-state index contributed by atoms with van der Waals surface area (Å²) in [5.74, 6) is 4.72. The largest absolute Gasteiger partial charge is 0.347 e. The number of thioether (sulfide) groups is 1. The first-order valence-electron chi connectivity index (χ1n) is 5.97. The van der Waals surface area contributed by atoms with Gasteiger partial charge in [-0.2, -0.15) is 0 Å². The van der Waals surface area contributed by atoms with Crippen LogP contribution in [0.15, 0.2) is 6.07 Å². The van der Waals surface area contributed by atoms with Crippen LogP contribution < -0.4 is 0 Å². The molecule has 0 unspecified atom stereocenters. The summed E-state index contributed by atoms with van der Waals surface area (Å²) in [4.78, 5) is 11.8. The molecule has 0 fully saturated rings. The number of hydrogen-bond acceptors (Lipinski definition) is 2. The van der Waals surface area contributed by atoms with E-state index in [1.807, 2.05) is 6.07 Å². The zero-order valence-electron chi connectivity index (χ0n) is 10.2. The molecule has 0 atom stereocenters. The lowest BCUT2D eigenvalue weighted by molar-refractivity contribution is 0.0972. The van der Waals surface area contributed by atoms with Gasteiger partial charge >= 0.3 is 0 Å². The smallest absolute Gasteiger partial charge is 0.164 e. The Balaban J connectivity index is 2.12. The molecule has 0 spiro atoms. The van der Waals surface area contributed by atoms with Crippen molar-refractivity contribution in [3.05, 3.63) is 23.0 Å². The molecule has 17 heavy (non-hydrogen) atoms. The van der Waals surface area contributed by atoms with Gasteiger partial charge in [-0.05, 0) is 25.8 Å². The first-order valence-corrected chi connectivity index (χ1v) is 7.13. The third kappa shape index (κ3) is 2.58. The molecule has 2 rings (SSSR count). The Kier molecular flexibility index (Phi) is 3.96. The molecule has 1 aromatic rings. The zero-order chi connectivity index (χ0) is 12.3. The Morgan fingerprint density at radius 1 is 1.53 bits per heavy atom. The number of nitrogens with zero attached hydrogens (tertiary/aromatic N) is 1.